The van der Waals surface area contributed by atoms with Crippen molar-refractivity contribution in [2.45, 2.75) is 25.3 Å². The number of hydrogen-bond acceptors (Lipinski definition) is 4. The third-order valence-corrected chi connectivity index (χ3v) is 6.20. The first-order valence-corrected chi connectivity index (χ1v) is 9.86. The Morgan fingerprint density at radius 3 is 2.61 bits per heavy atom. The van der Waals surface area contributed by atoms with Gasteiger partial charge in [-0.15, -0.1) is 0 Å². The highest BCUT2D eigenvalue weighted by Gasteiger charge is 2.54. The number of esters is 1. The lowest BCUT2D eigenvalue weighted by Gasteiger charge is -2.36. The molecule has 0 aromatic heterocycles. The number of nitrogens with one attached hydrogen (secondary N) is 1. The molecule has 4 rings (SSSR count). The number of nitrogens with zero attached hydrogens (tertiary/aromatic N) is 1. The molecule has 2 fully saturated rings. The Kier molecular flexibility index (Phi) is 5.18. The van der Waals surface area contributed by atoms with E-state index >= 15 is 0 Å². The third-order valence-electron chi connectivity index (χ3n) is 6.20. The number of ether oxygens (including phenoxy) is 1. The van der Waals surface area contributed by atoms with Gasteiger partial charge in [-0.3, -0.25) is 4.79 Å². The fourth-order valence-electron chi connectivity index (χ4n) is 4.76. The molecule has 0 radical (unpaired) electrons. The first-order valence-electron chi connectivity index (χ1n) is 9.86. The van der Waals surface area contributed by atoms with Gasteiger partial charge in [-0.2, -0.15) is 0 Å². The first kappa shape index (κ1) is 18.7. The second-order valence-electron chi connectivity index (χ2n) is 7.75. The summed E-state index contributed by atoms with van der Waals surface area (Å²) in [4.78, 5) is 27.4. The highest BCUT2D eigenvalue weighted by Crippen LogP contribution is 2.50. The summed E-state index contributed by atoms with van der Waals surface area (Å²) in [6, 6.07) is 17.8. The maximum Gasteiger partial charge on any atom is 0.337 e. The lowest BCUT2D eigenvalue weighted by Crippen LogP contribution is -2.44. The summed E-state index contributed by atoms with van der Waals surface area (Å²) in [5.74, 6) is 0.0880. The van der Waals surface area contributed by atoms with Crippen LogP contribution in [-0.4, -0.2) is 43.5 Å². The number of hydrogen-bond donors (Lipinski definition) is 1. The van der Waals surface area contributed by atoms with Crippen LogP contribution in [0.3, 0.4) is 0 Å². The Balaban J connectivity index is 1.62. The van der Waals surface area contributed by atoms with Crippen LogP contribution < -0.4 is 5.32 Å². The van der Waals surface area contributed by atoms with Crippen LogP contribution in [0.2, 0.25) is 0 Å². The molecule has 0 saturated carbocycles. The van der Waals surface area contributed by atoms with Crippen molar-refractivity contribution in [3.05, 3.63) is 71.3 Å². The molecule has 2 aromatic carbocycles. The van der Waals surface area contributed by atoms with E-state index in [1.165, 1.54) is 12.7 Å². The SMILES string of the molecule is COC(=O)c1cccc(CN2CC(c3ccccc3)C3(CCNCC3)C2=O)c1. The summed E-state index contributed by atoms with van der Waals surface area (Å²) >= 11 is 0. The Hall–Kier alpha value is -2.66. The lowest BCUT2D eigenvalue weighted by atomic mass is 9.68. The summed E-state index contributed by atoms with van der Waals surface area (Å²) < 4.78 is 4.82. The Morgan fingerprint density at radius 2 is 1.89 bits per heavy atom. The monoisotopic (exact) mass is 378 g/mol. The number of carbonyl (C=O) groups excluding carboxylic acids is 2. The second kappa shape index (κ2) is 7.76. The minimum Gasteiger partial charge on any atom is -0.465 e. The van der Waals surface area contributed by atoms with Gasteiger partial charge in [-0.05, 0) is 49.2 Å². The van der Waals surface area contributed by atoms with Crippen molar-refractivity contribution in [3.63, 3.8) is 0 Å². The highest BCUT2D eigenvalue weighted by molar-refractivity contribution is 5.89. The third kappa shape index (κ3) is 3.31. The Morgan fingerprint density at radius 1 is 1.14 bits per heavy atom. The number of rotatable bonds is 4. The summed E-state index contributed by atoms with van der Waals surface area (Å²) in [5.41, 5.74) is 2.38. The number of methoxy groups -OCH3 is 1. The molecule has 0 bridgehead atoms. The Labute approximate surface area is 165 Å². The average Bonchev–Trinajstić information content (AvgIpc) is 3.00. The predicted octanol–water partition coefficient (Wildman–Crippen LogP) is 2.97. The number of likely N-dealkylation sites (tertiary alicyclic amines) is 1. The molecule has 28 heavy (non-hydrogen) atoms. The summed E-state index contributed by atoms with van der Waals surface area (Å²) in [5, 5.41) is 3.40. The van der Waals surface area contributed by atoms with E-state index in [0.717, 1.165) is 31.5 Å². The summed E-state index contributed by atoms with van der Waals surface area (Å²) in [7, 11) is 1.38. The fraction of sp³-hybridized carbons (Fsp3) is 0.391. The van der Waals surface area contributed by atoms with Crippen molar-refractivity contribution < 1.29 is 14.3 Å². The van der Waals surface area contributed by atoms with Crippen LogP contribution in [0.5, 0.6) is 0 Å². The molecule has 2 saturated heterocycles. The largest absolute Gasteiger partial charge is 0.465 e. The topological polar surface area (TPSA) is 58.6 Å². The molecule has 1 atom stereocenters. The number of amides is 1. The maximum absolute atomic E-state index is 13.6. The van der Waals surface area contributed by atoms with E-state index in [1.807, 2.05) is 29.2 Å². The highest BCUT2D eigenvalue weighted by atomic mass is 16.5. The van der Waals surface area contributed by atoms with Crippen LogP contribution in [-0.2, 0) is 16.1 Å². The molecule has 1 amide bonds. The second-order valence-corrected chi connectivity index (χ2v) is 7.75. The Bertz CT molecular complexity index is 859. The van der Waals surface area contributed by atoms with E-state index in [9.17, 15) is 9.59 Å². The van der Waals surface area contributed by atoms with Gasteiger partial charge < -0.3 is 15.0 Å². The molecule has 1 N–H and O–H groups in total. The van der Waals surface area contributed by atoms with Gasteiger partial charge in [0.15, 0.2) is 0 Å². The minimum atomic E-state index is -0.355. The molecule has 146 valence electrons. The van der Waals surface area contributed by atoms with E-state index in [4.69, 9.17) is 4.74 Å². The van der Waals surface area contributed by atoms with Crippen LogP contribution in [0, 0.1) is 5.41 Å². The van der Waals surface area contributed by atoms with E-state index in [0.29, 0.717) is 18.7 Å². The molecule has 0 aliphatic carbocycles. The van der Waals surface area contributed by atoms with Gasteiger partial charge in [0.2, 0.25) is 5.91 Å². The maximum atomic E-state index is 13.6. The van der Waals surface area contributed by atoms with Crippen LogP contribution >= 0.6 is 0 Å². The molecule has 5 heteroatoms. The van der Waals surface area contributed by atoms with Crippen LogP contribution in [0.4, 0.5) is 0 Å². The quantitative estimate of drug-likeness (QED) is 0.831. The fourth-order valence-corrected chi connectivity index (χ4v) is 4.76. The van der Waals surface area contributed by atoms with Crippen LogP contribution in [0.15, 0.2) is 54.6 Å². The van der Waals surface area contributed by atoms with Crippen LogP contribution in [0.1, 0.15) is 40.2 Å². The molecule has 5 nitrogen and oxygen atoms in total. The van der Waals surface area contributed by atoms with E-state index in [-0.39, 0.29) is 23.2 Å². The van der Waals surface area contributed by atoms with E-state index < -0.39 is 0 Å². The number of benzene rings is 2. The molecule has 2 aromatic rings. The number of piperidine rings is 1. The standard InChI is InChI=1S/C23H26N2O3/c1-28-21(26)19-9-5-6-17(14-19)15-25-16-20(18-7-3-2-4-8-18)23(22(25)27)10-12-24-13-11-23/h2-9,14,20,24H,10-13,15-16H2,1H3. The molecule has 2 aliphatic heterocycles. The van der Waals surface area contributed by atoms with Gasteiger partial charge >= 0.3 is 5.97 Å². The van der Waals surface area contributed by atoms with Gasteiger partial charge in [-0.25, -0.2) is 4.79 Å². The van der Waals surface area contributed by atoms with Crippen molar-refractivity contribution in [1.82, 2.24) is 10.2 Å². The summed E-state index contributed by atoms with van der Waals surface area (Å²) in [6.07, 6.45) is 1.73. The van der Waals surface area contributed by atoms with Gasteiger partial charge in [0.25, 0.3) is 0 Å². The zero-order valence-electron chi connectivity index (χ0n) is 16.2. The molecular weight excluding hydrogens is 352 g/mol. The molecule has 1 unspecified atom stereocenters. The van der Waals surface area contributed by atoms with E-state index in [2.05, 4.69) is 29.6 Å². The average molecular weight is 378 g/mol. The first-order chi connectivity index (χ1) is 13.6. The van der Waals surface area contributed by atoms with Gasteiger partial charge in [0.05, 0.1) is 18.1 Å². The normalized spacial score (nSPS) is 21.1. The molecule has 1 spiro atoms. The molecular formula is C23H26N2O3. The molecule has 2 aliphatic rings. The van der Waals surface area contributed by atoms with Crippen molar-refractivity contribution in [2.75, 3.05) is 26.7 Å². The van der Waals surface area contributed by atoms with Crippen molar-refractivity contribution in [2.24, 2.45) is 5.41 Å². The smallest absolute Gasteiger partial charge is 0.337 e. The predicted molar refractivity (Wildman–Crippen MR) is 107 cm³/mol. The van der Waals surface area contributed by atoms with E-state index in [1.54, 1.807) is 6.07 Å². The van der Waals surface area contributed by atoms with Crippen LogP contribution in [0.25, 0.3) is 0 Å². The van der Waals surface area contributed by atoms with Crippen molar-refractivity contribution in [3.8, 4) is 0 Å². The molecule has 2 heterocycles. The minimum absolute atomic E-state index is 0.201. The lowest BCUT2D eigenvalue weighted by molar-refractivity contribution is -0.138. The van der Waals surface area contributed by atoms with Gasteiger partial charge in [-0.1, -0.05) is 42.5 Å². The van der Waals surface area contributed by atoms with Gasteiger partial charge in [0.1, 0.15) is 0 Å². The van der Waals surface area contributed by atoms with Crippen molar-refractivity contribution in [1.29, 1.82) is 0 Å². The zero-order valence-corrected chi connectivity index (χ0v) is 16.2. The summed E-state index contributed by atoms with van der Waals surface area (Å²) in [6.45, 7) is 2.98. The zero-order chi connectivity index (χ0) is 19.6. The van der Waals surface area contributed by atoms with Crippen molar-refractivity contribution >= 4 is 11.9 Å². The van der Waals surface area contributed by atoms with Gasteiger partial charge in [0, 0.05) is 19.0 Å². The number of carbonyl (C=O) groups is 2.